The Kier molecular flexibility index (Phi) is 6.74. The van der Waals surface area contributed by atoms with E-state index in [-0.39, 0.29) is 24.4 Å². The number of halogens is 2. The van der Waals surface area contributed by atoms with Crippen LogP contribution in [0.5, 0.6) is 0 Å². The van der Waals surface area contributed by atoms with Gasteiger partial charge >= 0.3 is 0 Å². The summed E-state index contributed by atoms with van der Waals surface area (Å²) in [7, 11) is 0. The molecule has 3 fully saturated rings. The molecule has 0 radical (unpaired) electrons. The van der Waals surface area contributed by atoms with Crippen molar-refractivity contribution < 1.29 is 18.3 Å². The van der Waals surface area contributed by atoms with Crippen molar-refractivity contribution >= 4 is 5.91 Å². The number of amides is 1. The Balaban J connectivity index is 1.51. The highest BCUT2D eigenvalue weighted by Crippen LogP contribution is 2.24. The topological polar surface area (TPSA) is 56.8 Å². The maximum absolute atomic E-state index is 14.3. The first-order chi connectivity index (χ1) is 14.1. The molecule has 3 atom stereocenters. The second-order valence-corrected chi connectivity index (χ2v) is 8.16. The number of benzene rings is 1. The maximum atomic E-state index is 14.3. The second-order valence-electron chi connectivity index (χ2n) is 8.16. The van der Waals surface area contributed by atoms with Gasteiger partial charge < -0.3 is 10.1 Å². The van der Waals surface area contributed by atoms with Crippen molar-refractivity contribution in [1.82, 2.24) is 20.4 Å². The molecular weight excluding hydrogens is 378 g/mol. The lowest BCUT2D eigenvalue weighted by molar-refractivity contribution is -0.131. The summed E-state index contributed by atoms with van der Waals surface area (Å²) >= 11 is 0. The summed E-state index contributed by atoms with van der Waals surface area (Å²) in [4.78, 5) is 17.0. The highest BCUT2D eigenvalue weighted by atomic mass is 19.2. The van der Waals surface area contributed by atoms with Crippen LogP contribution in [0.3, 0.4) is 0 Å². The van der Waals surface area contributed by atoms with Gasteiger partial charge in [-0.3, -0.25) is 19.9 Å². The minimum atomic E-state index is -0.806. The standard InChI is InChI=1S/C21H30F2N4O2/c22-17-7-4-5-15(20(17)23)13-16-6-2-1-3-8-27(16)21-24-18(14-19(28)25-21)26-9-11-29-12-10-26/h4-5,7,16,18,21,24H,1-3,6,8-14H2,(H,25,28)/t16-,18?,21?/m1/s1. The molecule has 3 aliphatic rings. The molecule has 0 bridgehead atoms. The lowest BCUT2D eigenvalue weighted by Crippen LogP contribution is -2.69. The van der Waals surface area contributed by atoms with Crippen molar-refractivity contribution in [2.75, 3.05) is 32.8 Å². The fourth-order valence-corrected chi connectivity index (χ4v) is 4.69. The monoisotopic (exact) mass is 408 g/mol. The summed E-state index contributed by atoms with van der Waals surface area (Å²) in [6.45, 7) is 3.77. The number of rotatable bonds is 4. The zero-order valence-electron chi connectivity index (χ0n) is 16.7. The molecule has 3 aliphatic heterocycles. The van der Waals surface area contributed by atoms with Gasteiger partial charge in [0.15, 0.2) is 11.6 Å². The van der Waals surface area contributed by atoms with Crippen molar-refractivity contribution in [2.24, 2.45) is 0 Å². The van der Waals surface area contributed by atoms with Crippen molar-refractivity contribution in [2.45, 2.75) is 57.0 Å². The van der Waals surface area contributed by atoms with Crippen LogP contribution in [0.4, 0.5) is 8.78 Å². The van der Waals surface area contributed by atoms with Crippen LogP contribution in [-0.4, -0.2) is 67.1 Å². The molecule has 160 valence electrons. The van der Waals surface area contributed by atoms with Gasteiger partial charge in [0.05, 0.1) is 25.8 Å². The molecule has 3 saturated heterocycles. The minimum absolute atomic E-state index is 0.0187. The number of hydrogen-bond acceptors (Lipinski definition) is 5. The number of morpholine rings is 1. The van der Waals surface area contributed by atoms with E-state index in [9.17, 15) is 13.6 Å². The third kappa shape index (κ3) is 4.94. The molecule has 8 heteroatoms. The van der Waals surface area contributed by atoms with E-state index in [0.29, 0.717) is 31.6 Å². The average Bonchev–Trinajstić information content (AvgIpc) is 2.97. The van der Waals surface area contributed by atoms with Crippen molar-refractivity contribution in [1.29, 1.82) is 0 Å². The molecule has 0 aliphatic carbocycles. The highest BCUT2D eigenvalue weighted by Gasteiger charge is 2.36. The Morgan fingerprint density at radius 1 is 1.10 bits per heavy atom. The average molecular weight is 408 g/mol. The Hall–Kier alpha value is -1.61. The summed E-state index contributed by atoms with van der Waals surface area (Å²) in [5.41, 5.74) is 0.397. The number of hydrogen-bond donors (Lipinski definition) is 2. The number of nitrogens with one attached hydrogen (secondary N) is 2. The second kappa shape index (κ2) is 9.47. The van der Waals surface area contributed by atoms with Gasteiger partial charge in [-0.05, 0) is 30.9 Å². The van der Waals surface area contributed by atoms with Crippen LogP contribution in [0.1, 0.15) is 37.7 Å². The van der Waals surface area contributed by atoms with E-state index in [2.05, 4.69) is 20.4 Å². The molecule has 1 amide bonds. The van der Waals surface area contributed by atoms with E-state index in [1.807, 2.05) is 0 Å². The molecule has 1 aromatic carbocycles. The molecule has 1 aromatic rings. The lowest BCUT2D eigenvalue weighted by atomic mass is 10.00. The van der Waals surface area contributed by atoms with Gasteiger partial charge in [-0.2, -0.15) is 0 Å². The normalized spacial score (nSPS) is 30.0. The molecule has 2 N–H and O–H groups in total. The van der Waals surface area contributed by atoms with Gasteiger partial charge in [-0.15, -0.1) is 0 Å². The Labute approximate surface area is 170 Å². The molecule has 4 rings (SSSR count). The quantitative estimate of drug-likeness (QED) is 0.796. The van der Waals surface area contributed by atoms with Gasteiger partial charge in [0.1, 0.15) is 6.29 Å². The van der Waals surface area contributed by atoms with Crippen LogP contribution in [0, 0.1) is 11.6 Å². The fraction of sp³-hybridized carbons (Fsp3) is 0.667. The van der Waals surface area contributed by atoms with Crippen LogP contribution in [0.25, 0.3) is 0 Å². The first-order valence-corrected chi connectivity index (χ1v) is 10.7. The summed E-state index contributed by atoms with van der Waals surface area (Å²) in [5.74, 6) is -1.55. The fourth-order valence-electron chi connectivity index (χ4n) is 4.69. The van der Waals surface area contributed by atoms with Gasteiger partial charge in [-0.25, -0.2) is 8.78 Å². The smallest absolute Gasteiger partial charge is 0.225 e. The van der Waals surface area contributed by atoms with Crippen LogP contribution in [0.2, 0.25) is 0 Å². The zero-order chi connectivity index (χ0) is 20.2. The van der Waals surface area contributed by atoms with Crippen molar-refractivity contribution in [3.8, 4) is 0 Å². The molecule has 3 heterocycles. The van der Waals surface area contributed by atoms with Gasteiger partial charge in [0.25, 0.3) is 0 Å². The van der Waals surface area contributed by atoms with Crippen LogP contribution < -0.4 is 10.6 Å². The Bertz CT molecular complexity index is 714. The molecule has 0 aromatic heterocycles. The number of likely N-dealkylation sites (tertiary alicyclic amines) is 1. The molecule has 0 spiro atoms. The predicted molar refractivity (Wildman–Crippen MR) is 105 cm³/mol. The highest BCUT2D eigenvalue weighted by molar-refractivity contribution is 5.77. The van der Waals surface area contributed by atoms with E-state index in [4.69, 9.17) is 4.74 Å². The number of ether oxygens (including phenoxy) is 1. The van der Waals surface area contributed by atoms with E-state index >= 15 is 0 Å². The van der Waals surface area contributed by atoms with Gasteiger partial charge in [0, 0.05) is 25.7 Å². The van der Waals surface area contributed by atoms with Crippen LogP contribution >= 0.6 is 0 Å². The molecular formula is C21H30F2N4O2. The molecule has 29 heavy (non-hydrogen) atoms. The van der Waals surface area contributed by atoms with Crippen molar-refractivity contribution in [3.63, 3.8) is 0 Å². The largest absolute Gasteiger partial charge is 0.379 e. The van der Waals surface area contributed by atoms with Gasteiger partial charge in [-0.1, -0.05) is 25.0 Å². The first kappa shape index (κ1) is 20.7. The minimum Gasteiger partial charge on any atom is -0.379 e. The first-order valence-electron chi connectivity index (χ1n) is 10.7. The maximum Gasteiger partial charge on any atom is 0.225 e. The van der Waals surface area contributed by atoms with E-state index in [0.717, 1.165) is 51.4 Å². The zero-order valence-corrected chi connectivity index (χ0v) is 16.7. The SMILES string of the molecule is O=C1CC(N2CCOCC2)NC(N2CCCCC[C@@H]2Cc2cccc(F)c2F)N1. The van der Waals surface area contributed by atoms with E-state index in [1.165, 1.54) is 0 Å². The number of carbonyl (C=O) groups excluding carboxylic acids is 1. The third-order valence-corrected chi connectivity index (χ3v) is 6.25. The number of nitrogens with zero attached hydrogens (tertiary/aromatic N) is 2. The molecule has 6 nitrogen and oxygen atoms in total. The van der Waals surface area contributed by atoms with Gasteiger partial charge in [0.2, 0.25) is 5.91 Å². The van der Waals surface area contributed by atoms with E-state index < -0.39 is 11.6 Å². The molecule has 2 unspecified atom stereocenters. The lowest BCUT2D eigenvalue weighted by Gasteiger charge is -2.45. The number of carbonyl (C=O) groups is 1. The summed E-state index contributed by atoms with van der Waals surface area (Å²) in [6, 6.07) is 4.41. The summed E-state index contributed by atoms with van der Waals surface area (Å²) < 4.78 is 33.4. The predicted octanol–water partition coefficient (Wildman–Crippen LogP) is 1.80. The van der Waals surface area contributed by atoms with Crippen molar-refractivity contribution in [3.05, 3.63) is 35.4 Å². The Morgan fingerprint density at radius 2 is 1.93 bits per heavy atom. The summed E-state index contributed by atoms with van der Waals surface area (Å²) in [5, 5.41) is 6.66. The third-order valence-electron chi connectivity index (χ3n) is 6.25. The van der Waals surface area contributed by atoms with E-state index in [1.54, 1.807) is 12.1 Å². The summed E-state index contributed by atoms with van der Waals surface area (Å²) in [6.07, 6.45) is 4.58. The molecule has 0 saturated carbocycles. The Morgan fingerprint density at radius 3 is 2.76 bits per heavy atom. The van der Waals surface area contributed by atoms with Crippen LogP contribution in [-0.2, 0) is 16.0 Å². The van der Waals surface area contributed by atoms with Crippen LogP contribution in [0.15, 0.2) is 18.2 Å².